The number of hydrogen-bond donors (Lipinski definition) is 2. The van der Waals surface area contributed by atoms with Crippen LogP contribution in [0.2, 0.25) is 0 Å². The third-order valence-corrected chi connectivity index (χ3v) is 5.68. The van der Waals surface area contributed by atoms with Crippen molar-refractivity contribution in [3.63, 3.8) is 0 Å². The van der Waals surface area contributed by atoms with E-state index in [4.69, 9.17) is 0 Å². The Morgan fingerprint density at radius 2 is 1.50 bits per heavy atom. The molecule has 30 heavy (non-hydrogen) atoms. The fourth-order valence-electron chi connectivity index (χ4n) is 3.44. The number of rotatable bonds is 5. The minimum absolute atomic E-state index is 0.167. The predicted molar refractivity (Wildman–Crippen MR) is 122 cm³/mol. The van der Waals surface area contributed by atoms with Crippen LogP contribution in [0.5, 0.6) is 0 Å². The van der Waals surface area contributed by atoms with E-state index in [1.165, 1.54) is 11.3 Å². The van der Waals surface area contributed by atoms with Crippen molar-refractivity contribution in [2.45, 2.75) is 13.8 Å². The topological polar surface area (TPSA) is 63.1 Å². The Hall–Kier alpha value is -3.64. The Morgan fingerprint density at radius 3 is 2.17 bits per heavy atom. The van der Waals surface area contributed by atoms with E-state index in [0.717, 1.165) is 17.1 Å². The summed E-state index contributed by atoms with van der Waals surface area (Å²) >= 11 is 1.38. The Kier molecular flexibility index (Phi) is 5.50. The first-order chi connectivity index (χ1) is 14.5. The molecule has 0 aliphatic heterocycles. The number of thiophene rings is 1. The van der Waals surface area contributed by atoms with E-state index in [2.05, 4.69) is 15.2 Å². The van der Waals surface area contributed by atoms with Gasteiger partial charge in [-0.05, 0) is 61.7 Å². The molecular formula is C24H21N3O2S. The maximum atomic E-state index is 12.9. The average Bonchev–Trinajstić information content (AvgIpc) is 3.37. The lowest BCUT2D eigenvalue weighted by molar-refractivity contribution is 0.102. The number of carbonyl (C=O) groups excluding carboxylic acids is 2. The van der Waals surface area contributed by atoms with Crippen LogP contribution in [-0.4, -0.2) is 16.4 Å². The number of carbonyl (C=O) groups is 2. The zero-order valence-corrected chi connectivity index (χ0v) is 17.5. The summed E-state index contributed by atoms with van der Waals surface area (Å²) in [6.07, 6.45) is 0. The molecule has 2 aromatic carbocycles. The van der Waals surface area contributed by atoms with Gasteiger partial charge in [0.05, 0.1) is 10.4 Å². The number of benzene rings is 2. The van der Waals surface area contributed by atoms with Crippen molar-refractivity contribution in [1.29, 1.82) is 0 Å². The van der Waals surface area contributed by atoms with Crippen molar-refractivity contribution in [2.24, 2.45) is 0 Å². The van der Waals surface area contributed by atoms with Gasteiger partial charge in [-0.15, -0.1) is 11.3 Å². The summed E-state index contributed by atoms with van der Waals surface area (Å²) in [5.41, 5.74) is 4.74. The largest absolute Gasteiger partial charge is 0.322 e. The number of hydrogen-bond acceptors (Lipinski definition) is 3. The summed E-state index contributed by atoms with van der Waals surface area (Å²) < 4.78 is 2.06. The highest BCUT2D eigenvalue weighted by atomic mass is 32.1. The van der Waals surface area contributed by atoms with Gasteiger partial charge in [0.15, 0.2) is 0 Å². The molecule has 4 aromatic rings. The molecular weight excluding hydrogens is 394 g/mol. The lowest BCUT2D eigenvalue weighted by atomic mass is 10.2. The Balaban J connectivity index is 1.53. The first kappa shape index (κ1) is 19.7. The summed E-state index contributed by atoms with van der Waals surface area (Å²) in [7, 11) is 0. The van der Waals surface area contributed by atoms with E-state index in [-0.39, 0.29) is 11.8 Å². The molecule has 4 rings (SSSR count). The quantitative estimate of drug-likeness (QED) is 0.442. The van der Waals surface area contributed by atoms with Crippen molar-refractivity contribution in [2.75, 3.05) is 10.6 Å². The lowest BCUT2D eigenvalue weighted by Crippen LogP contribution is -2.14. The van der Waals surface area contributed by atoms with E-state index in [0.29, 0.717) is 21.8 Å². The summed E-state index contributed by atoms with van der Waals surface area (Å²) in [6.45, 7) is 3.92. The Labute approximate surface area is 179 Å². The summed E-state index contributed by atoms with van der Waals surface area (Å²) in [4.78, 5) is 25.8. The SMILES string of the molecule is Cc1cc(C(=O)Nc2cccc(NC(=O)c3cccs3)c2)c(C)n1-c1ccccc1. The second-order valence-electron chi connectivity index (χ2n) is 6.92. The molecule has 6 heteroatoms. The maximum absolute atomic E-state index is 12.9. The number of amides is 2. The van der Waals surface area contributed by atoms with Crippen LogP contribution < -0.4 is 10.6 Å². The Morgan fingerprint density at radius 1 is 0.800 bits per heavy atom. The molecule has 150 valence electrons. The van der Waals surface area contributed by atoms with Crippen molar-refractivity contribution in [3.8, 4) is 5.69 Å². The maximum Gasteiger partial charge on any atom is 0.265 e. The van der Waals surface area contributed by atoms with Gasteiger partial charge in [0, 0.05) is 28.5 Å². The van der Waals surface area contributed by atoms with Gasteiger partial charge in [-0.25, -0.2) is 0 Å². The molecule has 2 amide bonds. The van der Waals surface area contributed by atoms with E-state index in [9.17, 15) is 9.59 Å². The molecule has 0 aliphatic rings. The van der Waals surface area contributed by atoms with E-state index >= 15 is 0 Å². The first-order valence-corrected chi connectivity index (χ1v) is 10.4. The highest BCUT2D eigenvalue weighted by molar-refractivity contribution is 7.12. The molecule has 0 saturated carbocycles. The number of para-hydroxylation sites is 1. The molecule has 0 aliphatic carbocycles. The van der Waals surface area contributed by atoms with Crippen LogP contribution in [0.1, 0.15) is 31.4 Å². The van der Waals surface area contributed by atoms with E-state index in [1.54, 1.807) is 30.3 Å². The zero-order chi connectivity index (χ0) is 21.1. The predicted octanol–water partition coefficient (Wildman–Crippen LogP) is 5.66. The number of aromatic nitrogens is 1. The molecule has 2 aromatic heterocycles. The van der Waals surface area contributed by atoms with E-state index < -0.39 is 0 Å². The normalized spacial score (nSPS) is 10.6. The first-order valence-electron chi connectivity index (χ1n) is 9.53. The van der Waals surface area contributed by atoms with Crippen LogP contribution in [0.4, 0.5) is 11.4 Å². The number of nitrogens with zero attached hydrogens (tertiary/aromatic N) is 1. The highest BCUT2D eigenvalue weighted by Crippen LogP contribution is 2.23. The van der Waals surface area contributed by atoms with Gasteiger partial charge in [0.25, 0.3) is 11.8 Å². The molecule has 0 unspecified atom stereocenters. The van der Waals surface area contributed by atoms with Crippen molar-refractivity contribution in [3.05, 3.63) is 100 Å². The molecule has 2 N–H and O–H groups in total. The highest BCUT2D eigenvalue weighted by Gasteiger charge is 2.17. The fourth-order valence-corrected chi connectivity index (χ4v) is 4.06. The van der Waals surface area contributed by atoms with Crippen LogP contribution in [0.25, 0.3) is 5.69 Å². The second kappa shape index (κ2) is 8.39. The summed E-state index contributed by atoms with van der Waals surface area (Å²) in [5.74, 6) is -0.355. The number of anilines is 2. The van der Waals surface area contributed by atoms with Gasteiger partial charge in [0.2, 0.25) is 0 Å². The monoisotopic (exact) mass is 415 g/mol. The van der Waals surface area contributed by atoms with Crippen LogP contribution in [0.15, 0.2) is 78.2 Å². The van der Waals surface area contributed by atoms with Crippen LogP contribution in [-0.2, 0) is 0 Å². The molecule has 0 radical (unpaired) electrons. The summed E-state index contributed by atoms with van der Waals surface area (Å²) in [5, 5.41) is 7.66. The van der Waals surface area contributed by atoms with Gasteiger partial charge < -0.3 is 15.2 Å². The third-order valence-electron chi connectivity index (χ3n) is 4.81. The second-order valence-corrected chi connectivity index (χ2v) is 7.87. The van der Waals surface area contributed by atoms with Gasteiger partial charge in [-0.3, -0.25) is 9.59 Å². The van der Waals surface area contributed by atoms with Crippen molar-refractivity contribution < 1.29 is 9.59 Å². The lowest BCUT2D eigenvalue weighted by Gasteiger charge is -2.10. The standard InChI is InChI=1S/C24H21N3O2S/c1-16-14-21(17(2)27(16)20-10-4-3-5-11-20)23(28)25-18-8-6-9-19(15-18)26-24(29)22-12-7-13-30-22/h3-15H,1-2H3,(H,25,28)(H,26,29). The van der Waals surface area contributed by atoms with Crippen LogP contribution in [0, 0.1) is 13.8 Å². The molecule has 2 heterocycles. The molecule has 0 atom stereocenters. The molecule has 0 fully saturated rings. The van der Waals surface area contributed by atoms with Crippen LogP contribution in [0.3, 0.4) is 0 Å². The molecule has 0 saturated heterocycles. The minimum atomic E-state index is -0.188. The smallest absolute Gasteiger partial charge is 0.265 e. The summed E-state index contributed by atoms with van der Waals surface area (Å²) in [6, 6.07) is 22.6. The zero-order valence-electron chi connectivity index (χ0n) is 16.7. The average molecular weight is 416 g/mol. The molecule has 0 spiro atoms. The van der Waals surface area contributed by atoms with Gasteiger partial charge in [-0.1, -0.05) is 30.3 Å². The van der Waals surface area contributed by atoms with Crippen molar-refractivity contribution >= 4 is 34.5 Å². The van der Waals surface area contributed by atoms with Gasteiger partial charge in [0.1, 0.15) is 0 Å². The van der Waals surface area contributed by atoms with Gasteiger partial charge in [-0.2, -0.15) is 0 Å². The molecule has 5 nitrogen and oxygen atoms in total. The number of nitrogens with one attached hydrogen (secondary N) is 2. The fraction of sp³-hybridized carbons (Fsp3) is 0.0833. The number of aryl methyl sites for hydroxylation is 1. The van der Waals surface area contributed by atoms with E-state index in [1.807, 2.05) is 61.7 Å². The minimum Gasteiger partial charge on any atom is -0.322 e. The van der Waals surface area contributed by atoms with Crippen molar-refractivity contribution in [1.82, 2.24) is 4.57 Å². The van der Waals surface area contributed by atoms with Crippen LogP contribution >= 0.6 is 11.3 Å². The van der Waals surface area contributed by atoms with Gasteiger partial charge >= 0.3 is 0 Å². The Bertz CT molecular complexity index is 1190. The molecule has 0 bridgehead atoms. The third kappa shape index (κ3) is 4.04.